The Balaban J connectivity index is 0.938. The molecule has 13 nitrogen and oxygen atoms in total. The average molecular weight is 751 g/mol. The number of carbonyl (C=O) groups excluding carboxylic acids is 5. The largest absolute Gasteiger partial charge is 0.384 e. The van der Waals surface area contributed by atoms with Crippen LogP contribution < -0.4 is 20.9 Å². The van der Waals surface area contributed by atoms with Crippen LogP contribution in [0.15, 0.2) is 67.3 Å². The van der Waals surface area contributed by atoms with E-state index in [1.165, 1.54) is 0 Å². The Labute approximate surface area is 318 Å². The third-order valence-electron chi connectivity index (χ3n) is 11.0. The third kappa shape index (κ3) is 7.45. The van der Waals surface area contributed by atoms with Crippen molar-refractivity contribution in [3.05, 3.63) is 83.4 Å². The molecule has 2 aromatic heterocycles. The van der Waals surface area contributed by atoms with Gasteiger partial charge in [-0.25, -0.2) is 0 Å². The van der Waals surface area contributed by atoms with Crippen LogP contribution in [0.25, 0.3) is 22.3 Å². The molecule has 2 aromatic carbocycles. The van der Waals surface area contributed by atoms with Crippen LogP contribution >= 0.6 is 11.6 Å². The van der Waals surface area contributed by atoms with Gasteiger partial charge in [-0.3, -0.25) is 43.9 Å². The summed E-state index contributed by atoms with van der Waals surface area (Å²) in [7, 11) is 0. The predicted molar refractivity (Wildman–Crippen MR) is 205 cm³/mol. The zero-order valence-corrected chi connectivity index (χ0v) is 30.9. The van der Waals surface area contributed by atoms with E-state index in [2.05, 4.69) is 55.2 Å². The molecule has 0 saturated carbocycles. The molecule has 0 radical (unpaired) electrons. The fourth-order valence-electron chi connectivity index (χ4n) is 7.85. The highest BCUT2D eigenvalue weighted by Gasteiger charge is 2.45. The van der Waals surface area contributed by atoms with Crippen molar-refractivity contribution in [3.63, 3.8) is 0 Å². The van der Waals surface area contributed by atoms with Gasteiger partial charge in [0.1, 0.15) is 6.04 Å². The molecule has 0 aliphatic carbocycles. The van der Waals surface area contributed by atoms with Crippen LogP contribution in [-0.4, -0.2) is 81.9 Å². The second-order valence-electron chi connectivity index (χ2n) is 14.3. The molecule has 1 atom stereocenters. The Hall–Kier alpha value is -5.56. The number of rotatable bonds is 12. The van der Waals surface area contributed by atoms with Crippen molar-refractivity contribution in [1.82, 2.24) is 30.3 Å². The van der Waals surface area contributed by atoms with Gasteiger partial charge in [0.2, 0.25) is 24.1 Å². The van der Waals surface area contributed by atoms with E-state index in [1.807, 2.05) is 29.3 Å². The smallest absolute Gasteiger partial charge is 0.263 e. The summed E-state index contributed by atoms with van der Waals surface area (Å²) < 4.78 is 1.92. The highest BCUT2D eigenvalue weighted by atomic mass is 35.5. The zero-order chi connectivity index (χ0) is 37.8. The lowest BCUT2D eigenvalue weighted by molar-refractivity contribution is -0.139. The molecule has 5 amide bonds. The SMILES string of the molecule is Cc1cccc(NCCCCn2cc(-c3ccc(-c4cncc(Cl)c4N4CCC5(CCNC5=O)CC4)cc3)cn2)c1C(=O)N(C=O)C1CCC(=O)NC1=O. The summed E-state index contributed by atoms with van der Waals surface area (Å²) in [6.07, 6.45) is 12.1. The summed E-state index contributed by atoms with van der Waals surface area (Å²) in [5.74, 6) is -1.47. The van der Waals surface area contributed by atoms with E-state index in [0.717, 1.165) is 84.6 Å². The number of amides is 5. The minimum absolute atomic E-state index is 0.0592. The topological polar surface area (TPSA) is 159 Å². The van der Waals surface area contributed by atoms with Crippen LogP contribution in [0, 0.1) is 12.3 Å². The lowest BCUT2D eigenvalue weighted by atomic mass is 9.77. The zero-order valence-electron chi connectivity index (χ0n) is 30.1. The maximum absolute atomic E-state index is 13.5. The van der Waals surface area contributed by atoms with E-state index in [1.54, 1.807) is 25.3 Å². The number of aryl methyl sites for hydroxylation is 2. The summed E-state index contributed by atoms with van der Waals surface area (Å²) in [5, 5.41) is 13.7. The number of piperidine rings is 2. The van der Waals surface area contributed by atoms with E-state index in [9.17, 15) is 24.0 Å². The number of nitrogens with one attached hydrogen (secondary N) is 3. The van der Waals surface area contributed by atoms with Gasteiger partial charge in [0.15, 0.2) is 0 Å². The predicted octanol–water partition coefficient (Wildman–Crippen LogP) is 4.98. The molecule has 7 rings (SSSR count). The third-order valence-corrected chi connectivity index (χ3v) is 11.2. The van der Waals surface area contributed by atoms with Crippen LogP contribution in [0.4, 0.5) is 11.4 Å². The number of halogens is 1. The first kappa shape index (κ1) is 36.8. The summed E-state index contributed by atoms with van der Waals surface area (Å²) in [5.41, 5.74) is 6.27. The van der Waals surface area contributed by atoms with E-state index in [-0.39, 0.29) is 24.2 Å². The fraction of sp³-hybridized carbons (Fsp3) is 0.375. The van der Waals surface area contributed by atoms with E-state index in [0.29, 0.717) is 41.3 Å². The van der Waals surface area contributed by atoms with Gasteiger partial charge in [-0.1, -0.05) is 48.0 Å². The summed E-state index contributed by atoms with van der Waals surface area (Å²) in [4.78, 5) is 69.6. The number of unbranched alkanes of at least 4 members (excludes halogenated alkanes) is 1. The lowest BCUT2D eigenvalue weighted by Gasteiger charge is -2.39. The van der Waals surface area contributed by atoms with E-state index < -0.39 is 23.8 Å². The van der Waals surface area contributed by atoms with Gasteiger partial charge in [-0.15, -0.1) is 0 Å². The minimum atomic E-state index is -1.04. The van der Waals surface area contributed by atoms with E-state index >= 15 is 0 Å². The van der Waals surface area contributed by atoms with Gasteiger partial charge in [-0.05, 0) is 68.2 Å². The van der Waals surface area contributed by atoms with Crippen LogP contribution in [-0.2, 0) is 25.7 Å². The molecule has 3 fully saturated rings. The Bertz CT molecular complexity index is 2070. The van der Waals surface area contributed by atoms with Crippen LogP contribution in [0.1, 0.15) is 60.9 Å². The second kappa shape index (κ2) is 15.8. The number of aromatic nitrogens is 3. The molecule has 0 bridgehead atoms. The highest BCUT2D eigenvalue weighted by molar-refractivity contribution is 6.33. The monoisotopic (exact) mass is 750 g/mol. The number of hydrogen-bond acceptors (Lipinski definition) is 9. The van der Waals surface area contributed by atoms with Gasteiger partial charge in [0.25, 0.3) is 5.91 Å². The Morgan fingerprint density at radius 3 is 2.52 bits per heavy atom. The number of benzene rings is 2. The van der Waals surface area contributed by atoms with Gasteiger partial charge >= 0.3 is 0 Å². The average Bonchev–Trinajstić information content (AvgIpc) is 3.79. The standard InChI is InChI=1S/C40H43ClN8O5/c1-26-5-4-6-32(35(26)38(53)49(25-50)33-11-12-34(51)46-37(33)52)43-16-2-3-18-48-24-29(21-45-48)27-7-9-28(10-8-27)30-22-42-23-31(41)36(30)47-19-14-40(15-20-47)13-17-44-39(40)54/h4-10,21-25,33,43H,2-3,11-20H2,1H3,(H,44,54)(H,46,51,52). The Morgan fingerprint density at radius 2 is 1.80 bits per heavy atom. The van der Waals surface area contributed by atoms with Crippen molar-refractivity contribution >= 4 is 53.0 Å². The molecule has 1 spiro atoms. The van der Waals surface area contributed by atoms with Gasteiger partial charge in [0.05, 0.1) is 27.9 Å². The van der Waals surface area contributed by atoms with Gasteiger partial charge in [0, 0.05) is 74.5 Å². The first-order valence-electron chi connectivity index (χ1n) is 18.4. The molecule has 4 aromatic rings. The molecular formula is C40H43ClN8O5. The molecule has 3 N–H and O–H groups in total. The summed E-state index contributed by atoms with van der Waals surface area (Å²) in [6, 6.07) is 12.7. The van der Waals surface area contributed by atoms with E-state index in [4.69, 9.17) is 11.6 Å². The molecule has 3 aliphatic rings. The molecule has 5 heterocycles. The van der Waals surface area contributed by atoms with Gasteiger partial charge < -0.3 is 15.5 Å². The van der Waals surface area contributed by atoms with Crippen LogP contribution in [0.2, 0.25) is 5.02 Å². The minimum Gasteiger partial charge on any atom is -0.384 e. The highest BCUT2D eigenvalue weighted by Crippen LogP contribution is 2.43. The van der Waals surface area contributed by atoms with Crippen molar-refractivity contribution in [3.8, 4) is 22.3 Å². The lowest BCUT2D eigenvalue weighted by Crippen LogP contribution is -2.54. The van der Waals surface area contributed by atoms with Crippen molar-refractivity contribution in [2.24, 2.45) is 5.41 Å². The number of imide groups is 2. The van der Waals surface area contributed by atoms with Crippen molar-refractivity contribution < 1.29 is 24.0 Å². The number of pyridine rings is 1. The number of carbonyl (C=O) groups is 5. The molecule has 280 valence electrons. The Morgan fingerprint density at radius 1 is 1.02 bits per heavy atom. The van der Waals surface area contributed by atoms with Crippen molar-refractivity contribution in [2.75, 3.05) is 36.4 Å². The molecule has 14 heteroatoms. The molecule has 3 saturated heterocycles. The molecular weight excluding hydrogens is 708 g/mol. The van der Waals surface area contributed by atoms with Crippen LogP contribution in [0.3, 0.4) is 0 Å². The maximum Gasteiger partial charge on any atom is 0.263 e. The molecule has 3 aliphatic heterocycles. The fourth-order valence-corrected chi connectivity index (χ4v) is 8.13. The second-order valence-corrected chi connectivity index (χ2v) is 14.7. The quantitative estimate of drug-likeness (QED) is 0.103. The number of hydrogen-bond donors (Lipinski definition) is 3. The summed E-state index contributed by atoms with van der Waals surface area (Å²) in [6.45, 7) is 5.33. The molecule has 1 unspecified atom stereocenters. The maximum atomic E-state index is 13.5. The Kier molecular flexibility index (Phi) is 10.8. The molecule has 54 heavy (non-hydrogen) atoms. The number of anilines is 2. The normalized spacial score (nSPS) is 18.0. The van der Waals surface area contributed by atoms with Crippen molar-refractivity contribution in [2.45, 2.75) is 64.5 Å². The summed E-state index contributed by atoms with van der Waals surface area (Å²) >= 11 is 6.75. The number of nitrogens with zero attached hydrogens (tertiary/aromatic N) is 5. The first-order valence-corrected chi connectivity index (χ1v) is 18.8. The first-order chi connectivity index (χ1) is 26.2. The van der Waals surface area contributed by atoms with Gasteiger partial charge in [-0.2, -0.15) is 5.10 Å². The van der Waals surface area contributed by atoms with Crippen LogP contribution in [0.5, 0.6) is 0 Å². The van der Waals surface area contributed by atoms with Crippen molar-refractivity contribution in [1.29, 1.82) is 0 Å².